The molecule has 2 atom stereocenters. The van der Waals surface area contributed by atoms with E-state index in [1.54, 1.807) is 0 Å². The number of hydrogen-bond donors (Lipinski definition) is 0. The lowest BCUT2D eigenvalue weighted by molar-refractivity contribution is -0.127. The summed E-state index contributed by atoms with van der Waals surface area (Å²) in [5, 5.41) is 0. The van der Waals surface area contributed by atoms with Gasteiger partial charge in [0.25, 0.3) is 0 Å². The quantitative estimate of drug-likeness (QED) is 0.499. The van der Waals surface area contributed by atoms with E-state index in [1.807, 2.05) is 20.8 Å². The van der Waals surface area contributed by atoms with Crippen molar-refractivity contribution in [2.45, 2.75) is 72.0 Å². The minimum atomic E-state index is -0.247. The van der Waals surface area contributed by atoms with Crippen LogP contribution >= 0.6 is 0 Å². The van der Waals surface area contributed by atoms with Gasteiger partial charge in [0, 0.05) is 5.41 Å². The molecular formula is C13H24O2. The van der Waals surface area contributed by atoms with Gasteiger partial charge in [0.05, 0.1) is 6.10 Å². The molecule has 0 aliphatic carbocycles. The zero-order valence-electron chi connectivity index (χ0n) is 10.5. The maximum Gasteiger partial charge on any atom is 0.169 e. The topological polar surface area (TPSA) is 29.6 Å². The van der Waals surface area contributed by atoms with E-state index in [-0.39, 0.29) is 23.4 Å². The van der Waals surface area contributed by atoms with E-state index >= 15 is 0 Å². The Balaban J connectivity index is 2.15. The minimum absolute atomic E-state index is 0.0911. The number of unbranched alkanes of at least 4 members (excludes halogenated alkanes) is 3. The van der Waals surface area contributed by atoms with Gasteiger partial charge >= 0.3 is 0 Å². The number of ether oxygens (including phenoxy) is 1. The molecule has 1 aliphatic rings. The third-order valence-electron chi connectivity index (χ3n) is 2.92. The molecule has 1 rings (SSSR count). The summed E-state index contributed by atoms with van der Waals surface area (Å²) in [6, 6.07) is 0. The van der Waals surface area contributed by atoms with E-state index in [1.165, 1.54) is 25.7 Å². The lowest BCUT2D eigenvalue weighted by Crippen LogP contribution is -2.26. The Bertz CT molecular complexity index is 215. The van der Waals surface area contributed by atoms with E-state index in [4.69, 9.17) is 4.74 Å². The molecule has 0 aromatic heterocycles. The van der Waals surface area contributed by atoms with Gasteiger partial charge in [0.15, 0.2) is 5.78 Å². The highest BCUT2D eigenvalue weighted by Crippen LogP contribution is 2.33. The zero-order valence-corrected chi connectivity index (χ0v) is 10.5. The molecule has 2 heteroatoms. The fourth-order valence-corrected chi connectivity index (χ4v) is 1.79. The molecule has 0 bridgehead atoms. The van der Waals surface area contributed by atoms with Gasteiger partial charge in [-0.15, -0.1) is 0 Å². The van der Waals surface area contributed by atoms with Gasteiger partial charge in [0.1, 0.15) is 6.10 Å². The standard InChI is InChI=1S/C13H24O2/c1-5-6-7-8-9-10-11(15-10)12(14)13(2,3)4/h10-11H,5-9H2,1-4H3/t10-,11+/m1/s1. The number of rotatable bonds is 6. The molecule has 1 fully saturated rings. The summed E-state index contributed by atoms with van der Waals surface area (Å²) in [5.74, 6) is 0.267. The van der Waals surface area contributed by atoms with Crippen molar-refractivity contribution in [1.29, 1.82) is 0 Å². The van der Waals surface area contributed by atoms with Crippen LogP contribution in [-0.2, 0) is 9.53 Å². The molecule has 0 N–H and O–H groups in total. The Labute approximate surface area is 93.4 Å². The molecule has 0 spiro atoms. The van der Waals surface area contributed by atoms with Crippen LogP contribution < -0.4 is 0 Å². The molecule has 15 heavy (non-hydrogen) atoms. The maximum absolute atomic E-state index is 11.8. The number of Topliss-reactive ketones (excluding diaryl/α,β-unsaturated/α-hetero) is 1. The van der Waals surface area contributed by atoms with Crippen molar-refractivity contribution in [3.8, 4) is 0 Å². The lowest BCUT2D eigenvalue weighted by Gasteiger charge is -2.14. The van der Waals surface area contributed by atoms with Crippen molar-refractivity contribution < 1.29 is 9.53 Å². The van der Waals surface area contributed by atoms with Crippen molar-refractivity contribution in [3.63, 3.8) is 0 Å². The van der Waals surface area contributed by atoms with E-state index in [0.717, 1.165) is 6.42 Å². The monoisotopic (exact) mass is 212 g/mol. The van der Waals surface area contributed by atoms with Crippen molar-refractivity contribution in [3.05, 3.63) is 0 Å². The highest BCUT2D eigenvalue weighted by atomic mass is 16.6. The van der Waals surface area contributed by atoms with Crippen LogP contribution in [0, 0.1) is 5.41 Å². The van der Waals surface area contributed by atoms with Gasteiger partial charge in [-0.1, -0.05) is 53.4 Å². The molecule has 0 radical (unpaired) electrons. The summed E-state index contributed by atoms with van der Waals surface area (Å²) in [5.41, 5.74) is -0.247. The van der Waals surface area contributed by atoms with E-state index < -0.39 is 0 Å². The number of epoxide rings is 1. The van der Waals surface area contributed by atoms with E-state index in [9.17, 15) is 4.79 Å². The Morgan fingerprint density at radius 3 is 2.40 bits per heavy atom. The van der Waals surface area contributed by atoms with Crippen LogP contribution in [0.25, 0.3) is 0 Å². The summed E-state index contributed by atoms with van der Waals surface area (Å²) >= 11 is 0. The van der Waals surface area contributed by atoms with Gasteiger partial charge in [0.2, 0.25) is 0 Å². The minimum Gasteiger partial charge on any atom is -0.361 e. The third kappa shape index (κ3) is 3.94. The fourth-order valence-electron chi connectivity index (χ4n) is 1.79. The van der Waals surface area contributed by atoms with Crippen molar-refractivity contribution >= 4 is 5.78 Å². The Hall–Kier alpha value is -0.370. The highest BCUT2D eigenvalue weighted by Gasteiger charge is 2.47. The van der Waals surface area contributed by atoms with Crippen LogP contribution in [-0.4, -0.2) is 18.0 Å². The Kier molecular flexibility index (Phi) is 4.32. The number of carbonyl (C=O) groups is 1. The fraction of sp³-hybridized carbons (Fsp3) is 0.923. The first-order valence-electron chi connectivity index (χ1n) is 6.16. The summed E-state index contributed by atoms with van der Waals surface area (Å²) in [6.07, 6.45) is 6.23. The first-order chi connectivity index (χ1) is 6.96. The third-order valence-corrected chi connectivity index (χ3v) is 2.92. The summed E-state index contributed by atoms with van der Waals surface area (Å²) in [4.78, 5) is 11.8. The Morgan fingerprint density at radius 1 is 1.20 bits per heavy atom. The smallest absolute Gasteiger partial charge is 0.169 e. The van der Waals surface area contributed by atoms with Crippen LogP contribution in [0.15, 0.2) is 0 Å². The molecular weight excluding hydrogens is 188 g/mol. The zero-order chi connectivity index (χ0) is 11.5. The largest absolute Gasteiger partial charge is 0.361 e. The normalized spacial score (nSPS) is 25.3. The van der Waals surface area contributed by atoms with Gasteiger partial charge in [-0.05, 0) is 6.42 Å². The van der Waals surface area contributed by atoms with Crippen LogP contribution in [0.5, 0.6) is 0 Å². The van der Waals surface area contributed by atoms with E-state index in [2.05, 4.69) is 6.92 Å². The highest BCUT2D eigenvalue weighted by molar-refractivity contribution is 5.90. The summed E-state index contributed by atoms with van der Waals surface area (Å²) in [7, 11) is 0. The van der Waals surface area contributed by atoms with Gasteiger partial charge < -0.3 is 4.74 Å². The molecule has 0 unspecified atom stereocenters. The molecule has 1 heterocycles. The van der Waals surface area contributed by atoms with Crippen LogP contribution in [0.4, 0.5) is 0 Å². The molecule has 2 nitrogen and oxygen atoms in total. The molecule has 1 aliphatic heterocycles. The Morgan fingerprint density at radius 2 is 1.87 bits per heavy atom. The van der Waals surface area contributed by atoms with Crippen molar-refractivity contribution in [2.24, 2.45) is 5.41 Å². The molecule has 0 saturated carbocycles. The average molecular weight is 212 g/mol. The maximum atomic E-state index is 11.8. The SMILES string of the molecule is CCCCCC[C@H]1O[C@@H]1C(=O)C(C)(C)C. The second kappa shape index (κ2) is 5.11. The predicted octanol–water partition coefficient (Wildman–Crippen LogP) is 3.34. The first-order valence-corrected chi connectivity index (χ1v) is 6.16. The molecule has 1 saturated heterocycles. The van der Waals surface area contributed by atoms with Crippen LogP contribution in [0.3, 0.4) is 0 Å². The predicted molar refractivity (Wildman–Crippen MR) is 61.9 cm³/mol. The molecule has 88 valence electrons. The van der Waals surface area contributed by atoms with Gasteiger partial charge in [-0.2, -0.15) is 0 Å². The molecule has 0 amide bonds. The number of carbonyl (C=O) groups excluding carboxylic acids is 1. The van der Waals surface area contributed by atoms with Crippen molar-refractivity contribution in [1.82, 2.24) is 0 Å². The van der Waals surface area contributed by atoms with Crippen LogP contribution in [0.1, 0.15) is 59.8 Å². The second-order valence-corrected chi connectivity index (χ2v) is 5.56. The van der Waals surface area contributed by atoms with E-state index in [0.29, 0.717) is 0 Å². The van der Waals surface area contributed by atoms with Gasteiger partial charge in [-0.25, -0.2) is 0 Å². The van der Waals surface area contributed by atoms with Crippen LogP contribution in [0.2, 0.25) is 0 Å². The first kappa shape index (κ1) is 12.7. The van der Waals surface area contributed by atoms with Crippen molar-refractivity contribution in [2.75, 3.05) is 0 Å². The lowest BCUT2D eigenvalue weighted by atomic mass is 9.87. The average Bonchev–Trinajstić information content (AvgIpc) is 2.89. The number of hydrogen-bond acceptors (Lipinski definition) is 2. The summed E-state index contributed by atoms with van der Waals surface area (Å²) < 4.78 is 5.44. The molecule has 0 aromatic carbocycles. The number of ketones is 1. The second-order valence-electron chi connectivity index (χ2n) is 5.56. The summed E-state index contributed by atoms with van der Waals surface area (Å²) in [6.45, 7) is 8.10. The molecule has 0 aromatic rings. The van der Waals surface area contributed by atoms with Gasteiger partial charge in [-0.3, -0.25) is 4.79 Å².